The first-order valence-electron chi connectivity index (χ1n) is 7.06. The number of fused-ring (bicyclic) bond motifs is 1. The molecule has 1 aromatic rings. The van der Waals surface area contributed by atoms with Gasteiger partial charge in [0, 0.05) is 37.4 Å². The maximum Gasteiger partial charge on any atom is 0.131 e. The standard InChI is InChI=1S/C14H21N3O/c1-2-4-12-11-8-15-9-13(11)17-14(16-12)7-10-5-3-6-18-10/h10,15H,2-9H2,1H3. The van der Waals surface area contributed by atoms with Crippen LogP contribution in [0.4, 0.5) is 0 Å². The number of nitrogens with zero attached hydrogens (tertiary/aromatic N) is 2. The van der Waals surface area contributed by atoms with E-state index in [1.165, 1.54) is 23.4 Å². The molecule has 2 aliphatic heterocycles. The molecule has 4 heteroatoms. The van der Waals surface area contributed by atoms with Crippen molar-refractivity contribution in [1.29, 1.82) is 0 Å². The zero-order valence-corrected chi connectivity index (χ0v) is 11.0. The molecule has 4 nitrogen and oxygen atoms in total. The van der Waals surface area contributed by atoms with Crippen molar-refractivity contribution in [2.45, 2.75) is 58.2 Å². The highest BCUT2D eigenvalue weighted by atomic mass is 16.5. The number of rotatable bonds is 4. The summed E-state index contributed by atoms with van der Waals surface area (Å²) in [6.45, 7) is 4.94. The summed E-state index contributed by atoms with van der Waals surface area (Å²) >= 11 is 0. The van der Waals surface area contributed by atoms with Crippen LogP contribution < -0.4 is 5.32 Å². The van der Waals surface area contributed by atoms with Crippen LogP contribution >= 0.6 is 0 Å². The number of aryl methyl sites for hydroxylation is 1. The Morgan fingerprint density at radius 2 is 2.28 bits per heavy atom. The number of hydrogen-bond donors (Lipinski definition) is 1. The number of aromatic nitrogens is 2. The van der Waals surface area contributed by atoms with Crippen molar-refractivity contribution in [1.82, 2.24) is 15.3 Å². The van der Waals surface area contributed by atoms with Crippen molar-refractivity contribution in [2.24, 2.45) is 0 Å². The van der Waals surface area contributed by atoms with Gasteiger partial charge in [-0.1, -0.05) is 13.3 Å². The Hall–Kier alpha value is -1.00. The van der Waals surface area contributed by atoms with Gasteiger partial charge < -0.3 is 10.1 Å². The molecule has 1 N–H and O–H groups in total. The lowest BCUT2D eigenvalue weighted by Gasteiger charge is -2.12. The minimum atomic E-state index is 0.340. The summed E-state index contributed by atoms with van der Waals surface area (Å²) in [6.07, 6.45) is 5.76. The number of nitrogens with one attached hydrogen (secondary N) is 1. The van der Waals surface area contributed by atoms with Crippen LogP contribution in [0.1, 0.15) is 49.0 Å². The molecule has 1 atom stereocenters. The second-order valence-corrected chi connectivity index (χ2v) is 5.20. The van der Waals surface area contributed by atoms with E-state index in [4.69, 9.17) is 14.7 Å². The minimum absolute atomic E-state index is 0.340. The van der Waals surface area contributed by atoms with Gasteiger partial charge in [-0.3, -0.25) is 0 Å². The van der Waals surface area contributed by atoms with Crippen LogP contribution in [-0.2, 0) is 30.7 Å². The van der Waals surface area contributed by atoms with E-state index in [0.717, 1.165) is 51.2 Å². The van der Waals surface area contributed by atoms with Gasteiger partial charge in [-0.2, -0.15) is 0 Å². The fraction of sp³-hybridized carbons (Fsp3) is 0.714. The summed E-state index contributed by atoms with van der Waals surface area (Å²) in [5, 5.41) is 3.37. The van der Waals surface area contributed by atoms with E-state index in [1.807, 2.05) is 0 Å². The van der Waals surface area contributed by atoms with Gasteiger partial charge in [0.1, 0.15) is 5.82 Å². The zero-order chi connectivity index (χ0) is 12.4. The molecule has 3 rings (SSSR count). The molecule has 0 amide bonds. The van der Waals surface area contributed by atoms with Gasteiger partial charge in [0.25, 0.3) is 0 Å². The first-order valence-corrected chi connectivity index (χ1v) is 7.06. The normalized spacial score (nSPS) is 22.4. The van der Waals surface area contributed by atoms with E-state index in [0.29, 0.717) is 6.10 Å². The second kappa shape index (κ2) is 5.33. The Bertz CT molecular complexity index is 427. The molecule has 0 bridgehead atoms. The third-order valence-electron chi connectivity index (χ3n) is 3.74. The Kier molecular flexibility index (Phi) is 3.57. The van der Waals surface area contributed by atoms with Gasteiger partial charge in [-0.25, -0.2) is 9.97 Å². The number of ether oxygens (including phenoxy) is 1. The Morgan fingerprint density at radius 3 is 3.06 bits per heavy atom. The third-order valence-corrected chi connectivity index (χ3v) is 3.74. The van der Waals surface area contributed by atoms with Crippen LogP contribution in [0.2, 0.25) is 0 Å². The summed E-state index contributed by atoms with van der Waals surface area (Å²) in [5.74, 6) is 0.979. The summed E-state index contributed by atoms with van der Waals surface area (Å²) < 4.78 is 5.68. The average molecular weight is 247 g/mol. The van der Waals surface area contributed by atoms with Gasteiger partial charge in [-0.05, 0) is 19.3 Å². The molecule has 2 aliphatic rings. The van der Waals surface area contributed by atoms with Crippen molar-refractivity contribution in [2.75, 3.05) is 6.61 Å². The van der Waals surface area contributed by atoms with Crippen molar-refractivity contribution in [3.05, 3.63) is 22.8 Å². The van der Waals surface area contributed by atoms with Gasteiger partial charge in [0.15, 0.2) is 0 Å². The third kappa shape index (κ3) is 2.40. The van der Waals surface area contributed by atoms with Crippen molar-refractivity contribution in [3.8, 4) is 0 Å². The highest BCUT2D eigenvalue weighted by Gasteiger charge is 2.21. The molecule has 98 valence electrons. The van der Waals surface area contributed by atoms with Crippen LogP contribution in [0.25, 0.3) is 0 Å². The van der Waals surface area contributed by atoms with E-state index in [9.17, 15) is 0 Å². The van der Waals surface area contributed by atoms with Crippen LogP contribution in [-0.4, -0.2) is 22.7 Å². The highest BCUT2D eigenvalue weighted by molar-refractivity contribution is 5.29. The summed E-state index contributed by atoms with van der Waals surface area (Å²) in [5.41, 5.74) is 3.80. The van der Waals surface area contributed by atoms with Crippen molar-refractivity contribution < 1.29 is 4.74 Å². The van der Waals surface area contributed by atoms with E-state index in [-0.39, 0.29) is 0 Å². The van der Waals surface area contributed by atoms with Crippen LogP contribution in [0.5, 0.6) is 0 Å². The monoisotopic (exact) mass is 247 g/mol. The van der Waals surface area contributed by atoms with Gasteiger partial charge in [-0.15, -0.1) is 0 Å². The molecule has 0 aromatic carbocycles. The van der Waals surface area contributed by atoms with Crippen molar-refractivity contribution in [3.63, 3.8) is 0 Å². The van der Waals surface area contributed by atoms with E-state index >= 15 is 0 Å². The summed E-state index contributed by atoms with van der Waals surface area (Å²) in [6, 6.07) is 0. The summed E-state index contributed by atoms with van der Waals surface area (Å²) in [4.78, 5) is 9.47. The Balaban J connectivity index is 1.83. The minimum Gasteiger partial charge on any atom is -0.378 e. The lowest BCUT2D eigenvalue weighted by atomic mass is 10.1. The Morgan fingerprint density at radius 1 is 1.33 bits per heavy atom. The average Bonchev–Trinajstić information content (AvgIpc) is 3.00. The zero-order valence-electron chi connectivity index (χ0n) is 11.0. The predicted octanol–water partition coefficient (Wildman–Crippen LogP) is 1.75. The molecule has 1 fully saturated rings. The number of hydrogen-bond acceptors (Lipinski definition) is 4. The molecule has 3 heterocycles. The topological polar surface area (TPSA) is 47.0 Å². The van der Waals surface area contributed by atoms with Crippen LogP contribution in [0.15, 0.2) is 0 Å². The van der Waals surface area contributed by atoms with Gasteiger partial charge >= 0.3 is 0 Å². The molecule has 1 aromatic heterocycles. The van der Waals surface area contributed by atoms with Crippen molar-refractivity contribution >= 4 is 0 Å². The molecule has 1 unspecified atom stereocenters. The van der Waals surface area contributed by atoms with Crippen LogP contribution in [0, 0.1) is 0 Å². The van der Waals surface area contributed by atoms with Gasteiger partial charge in [0.05, 0.1) is 11.8 Å². The SMILES string of the molecule is CCCc1nc(CC2CCCO2)nc2c1CNC2. The Labute approximate surface area is 108 Å². The molecule has 0 spiro atoms. The smallest absolute Gasteiger partial charge is 0.131 e. The van der Waals surface area contributed by atoms with E-state index in [1.54, 1.807) is 0 Å². The first-order chi connectivity index (χ1) is 8.86. The van der Waals surface area contributed by atoms with E-state index in [2.05, 4.69) is 12.2 Å². The fourth-order valence-corrected chi connectivity index (χ4v) is 2.84. The maximum atomic E-state index is 5.68. The predicted molar refractivity (Wildman–Crippen MR) is 69.2 cm³/mol. The molecule has 0 saturated carbocycles. The first kappa shape index (κ1) is 12.1. The lowest BCUT2D eigenvalue weighted by Crippen LogP contribution is -2.14. The molecule has 18 heavy (non-hydrogen) atoms. The molecule has 0 radical (unpaired) electrons. The second-order valence-electron chi connectivity index (χ2n) is 5.20. The van der Waals surface area contributed by atoms with E-state index < -0.39 is 0 Å². The van der Waals surface area contributed by atoms with Crippen LogP contribution in [0.3, 0.4) is 0 Å². The van der Waals surface area contributed by atoms with Gasteiger partial charge in [0.2, 0.25) is 0 Å². The molecule has 0 aliphatic carbocycles. The quantitative estimate of drug-likeness (QED) is 0.880. The maximum absolute atomic E-state index is 5.68. The lowest BCUT2D eigenvalue weighted by molar-refractivity contribution is 0.110. The molecule has 1 saturated heterocycles. The fourth-order valence-electron chi connectivity index (χ4n) is 2.84. The largest absolute Gasteiger partial charge is 0.378 e. The highest BCUT2D eigenvalue weighted by Crippen LogP contribution is 2.21. The molecular weight excluding hydrogens is 226 g/mol. The molecular formula is C14H21N3O. The summed E-state index contributed by atoms with van der Waals surface area (Å²) in [7, 11) is 0.